The van der Waals surface area contributed by atoms with E-state index in [0.29, 0.717) is 11.8 Å². The number of aromatic nitrogens is 4. The van der Waals surface area contributed by atoms with Crippen molar-refractivity contribution >= 4 is 5.69 Å². The van der Waals surface area contributed by atoms with Gasteiger partial charge in [0, 0.05) is 36.6 Å². The minimum atomic E-state index is 0.560. The summed E-state index contributed by atoms with van der Waals surface area (Å²) in [6.07, 6.45) is 10.1. The molecule has 0 spiro atoms. The number of nitrogens with one attached hydrogen (secondary N) is 1. The van der Waals surface area contributed by atoms with Gasteiger partial charge in [-0.2, -0.15) is 9.97 Å². The fraction of sp³-hybridized carbons (Fsp3) is 0.545. The number of hydrogen-bond donors (Lipinski definition) is 1. The summed E-state index contributed by atoms with van der Waals surface area (Å²) in [5.41, 5.74) is 2.04. The van der Waals surface area contributed by atoms with Gasteiger partial charge in [-0.3, -0.25) is 0 Å². The van der Waals surface area contributed by atoms with Crippen LogP contribution in [0.4, 0.5) is 5.69 Å². The first-order valence-electron chi connectivity index (χ1n) is 10.8. The minimum Gasteiger partial charge on any atom is -0.385 e. The number of nitrogens with zero attached hydrogens (tertiary/aromatic N) is 4. The van der Waals surface area contributed by atoms with E-state index in [4.69, 9.17) is 9.05 Å². The molecule has 2 aliphatic carbocycles. The van der Waals surface area contributed by atoms with Crippen molar-refractivity contribution in [2.45, 2.75) is 63.7 Å². The Labute approximate surface area is 170 Å². The van der Waals surface area contributed by atoms with Crippen LogP contribution in [0.3, 0.4) is 0 Å². The molecule has 3 aromatic rings. The molecule has 0 unspecified atom stereocenters. The highest BCUT2D eigenvalue weighted by molar-refractivity contribution is 5.61. The van der Waals surface area contributed by atoms with Crippen molar-refractivity contribution in [1.82, 2.24) is 20.3 Å². The van der Waals surface area contributed by atoms with Crippen LogP contribution in [0.15, 0.2) is 33.3 Å². The van der Waals surface area contributed by atoms with E-state index in [1.807, 2.05) is 12.1 Å². The molecule has 29 heavy (non-hydrogen) atoms. The van der Waals surface area contributed by atoms with Crippen molar-refractivity contribution in [3.8, 4) is 11.5 Å². The van der Waals surface area contributed by atoms with Crippen LogP contribution in [0.1, 0.15) is 68.4 Å². The molecule has 0 amide bonds. The lowest BCUT2D eigenvalue weighted by Gasteiger charge is -2.06. The molecule has 1 N–H and O–H groups in total. The first-order chi connectivity index (χ1) is 14.3. The zero-order valence-corrected chi connectivity index (χ0v) is 16.6. The fourth-order valence-corrected chi connectivity index (χ4v) is 3.48. The van der Waals surface area contributed by atoms with Gasteiger partial charge in [0.1, 0.15) is 0 Å². The molecular weight excluding hydrogens is 366 g/mol. The van der Waals surface area contributed by atoms with Gasteiger partial charge in [-0.15, -0.1) is 0 Å². The number of hydrogen-bond acceptors (Lipinski definition) is 7. The molecule has 2 aromatic heterocycles. The van der Waals surface area contributed by atoms with Crippen LogP contribution in [-0.2, 0) is 12.8 Å². The molecule has 0 radical (unpaired) electrons. The Hall–Kier alpha value is -2.70. The van der Waals surface area contributed by atoms with E-state index in [0.717, 1.165) is 73.4 Å². The second kappa shape index (κ2) is 8.35. The van der Waals surface area contributed by atoms with Crippen molar-refractivity contribution in [2.75, 3.05) is 11.9 Å². The number of rotatable bonds is 11. The standard InChI is InChI=1S/C22H27N5O2/c1(2-7-20-25-21(27-28-20)16-10-11-16)3-12-23-18-6-4-5-17(14-18)22-24-19(26-29-22)13-15-8-9-15/h4-6,14-16,23H,1-3,7-13H2. The number of anilines is 1. The third-order valence-electron chi connectivity index (χ3n) is 5.57. The Balaban J connectivity index is 1.04. The van der Waals surface area contributed by atoms with E-state index >= 15 is 0 Å². The zero-order chi connectivity index (χ0) is 19.5. The fourth-order valence-electron chi connectivity index (χ4n) is 3.48. The highest BCUT2D eigenvalue weighted by atomic mass is 16.5. The van der Waals surface area contributed by atoms with Crippen molar-refractivity contribution in [1.29, 1.82) is 0 Å². The third kappa shape index (κ3) is 5.02. The Kier molecular flexibility index (Phi) is 5.28. The molecule has 7 heteroatoms. The summed E-state index contributed by atoms with van der Waals surface area (Å²) in [5.74, 6) is 4.44. The van der Waals surface area contributed by atoms with Gasteiger partial charge in [-0.25, -0.2) is 0 Å². The SMILES string of the molecule is c1cc(NCCCCCc2nc(C3CC3)no2)cc(-c2nc(CC3CC3)no2)c1. The summed E-state index contributed by atoms with van der Waals surface area (Å²) in [7, 11) is 0. The highest BCUT2D eigenvalue weighted by Gasteiger charge is 2.28. The summed E-state index contributed by atoms with van der Waals surface area (Å²) in [5, 5.41) is 11.7. The molecule has 2 saturated carbocycles. The maximum absolute atomic E-state index is 5.45. The lowest BCUT2D eigenvalue weighted by atomic mass is 10.1. The van der Waals surface area contributed by atoms with Gasteiger partial charge in [-0.05, 0) is 62.6 Å². The van der Waals surface area contributed by atoms with Gasteiger partial charge < -0.3 is 14.4 Å². The molecule has 152 valence electrons. The summed E-state index contributed by atoms with van der Waals surface area (Å²) in [6.45, 7) is 0.928. The molecule has 0 atom stereocenters. The smallest absolute Gasteiger partial charge is 0.257 e. The molecular formula is C22H27N5O2. The predicted octanol–water partition coefficient (Wildman–Crippen LogP) is 4.77. The second-order valence-electron chi connectivity index (χ2n) is 8.30. The largest absolute Gasteiger partial charge is 0.385 e. The average Bonchev–Trinajstić information content (AvgIpc) is 3.66. The minimum absolute atomic E-state index is 0.560. The normalized spacial score (nSPS) is 16.3. The van der Waals surface area contributed by atoms with Gasteiger partial charge in [0.05, 0.1) is 0 Å². The molecule has 5 rings (SSSR count). The van der Waals surface area contributed by atoms with Crippen LogP contribution in [0.2, 0.25) is 0 Å². The maximum Gasteiger partial charge on any atom is 0.257 e. The van der Waals surface area contributed by atoms with Crippen molar-refractivity contribution < 1.29 is 9.05 Å². The maximum atomic E-state index is 5.45. The van der Waals surface area contributed by atoms with Gasteiger partial charge in [0.2, 0.25) is 5.89 Å². The molecule has 0 aliphatic heterocycles. The van der Waals surface area contributed by atoms with E-state index in [-0.39, 0.29) is 0 Å². The summed E-state index contributed by atoms with van der Waals surface area (Å²) in [6, 6.07) is 8.18. The van der Waals surface area contributed by atoms with Crippen LogP contribution in [-0.4, -0.2) is 26.8 Å². The van der Waals surface area contributed by atoms with E-state index in [1.165, 1.54) is 25.7 Å². The molecule has 2 fully saturated rings. The van der Waals surface area contributed by atoms with Gasteiger partial charge >= 0.3 is 0 Å². The van der Waals surface area contributed by atoms with E-state index in [9.17, 15) is 0 Å². The van der Waals surface area contributed by atoms with Gasteiger partial charge in [0.25, 0.3) is 5.89 Å². The highest BCUT2D eigenvalue weighted by Crippen LogP contribution is 2.38. The zero-order valence-electron chi connectivity index (χ0n) is 16.6. The van der Waals surface area contributed by atoms with Gasteiger partial charge in [-0.1, -0.05) is 22.8 Å². The lowest BCUT2D eigenvalue weighted by Crippen LogP contribution is -2.01. The molecule has 7 nitrogen and oxygen atoms in total. The van der Waals surface area contributed by atoms with Crippen LogP contribution in [0, 0.1) is 5.92 Å². The number of unbranched alkanes of at least 4 members (excludes halogenated alkanes) is 2. The average molecular weight is 393 g/mol. The predicted molar refractivity (Wildman–Crippen MR) is 108 cm³/mol. The first kappa shape index (κ1) is 18.3. The molecule has 2 heterocycles. The quantitative estimate of drug-likeness (QED) is 0.469. The summed E-state index contributed by atoms with van der Waals surface area (Å²) in [4.78, 5) is 9.03. The monoisotopic (exact) mass is 393 g/mol. The van der Waals surface area contributed by atoms with Crippen LogP contribution >= 0.6 is 0 Å². The molecule has 2 aliphatic rings. The Morgan fingerprint density at radius 3 is 2.76 bits per heavy atom. The molecule has 0 saturated heterocycles. The van der Waals surface area contributed by atoms with Crippen LogP contribution in [0.25, 0.3) is 11.5 Å². The lowest BCUT2D eigenvalue weighted by molar-refractivity contribution is 0.369. The second-order valence-corrected chi connectivity index (χ2v) is 8.30. The number of benzene rings is 1. The van der Waals surface area contributed by atoms with Crippen LogP contribution in [0.5, 0.6) is 0 Å². The van der Waals surface area contributed by atoms with E-state index in [1.54, 1.807) is 0 Å². The molecule has 1 aromatic carbocycles. The summed E-state index contributed by atoms with van der Waals surface area (Å²) < 4.78 is 10.8. The third-order valence-corrected chi connectivity index (χ3v) is 5.57. The summed E-state index contributed by atoms with van der Waals surface area (Å²) >= 11 is 0. The molecule has 0 bridgehead atoms. The van der Waals surface area contributed by atoms with Crippen LogP contribution < -0.4 is 5.32 Å². The van der Waals surface area contributed by atoms with Gasteiger partial charge in [0.15, 0.2) is 11.6 Å². The van der Waals surface area contributed by atoms with E-state index in [2.05, 4.69) is 37.7 Å². The van der Waals surface area contributed by atoms with E-state index < -0.39 is 0 Å². The number of aryl methyl sites for hydroxylation is 1. The Morgan fingerprint density at radius 1 is 0.966 bits per heavy atom. The Bertz CT molecular complexity index is 942. The Morgan fingerprint density at radius 2 is 1.90 bits per heavy atom. The van der Waals surface area contributed by atoms with Crippen molar-refractivity contribution in [3.63, 3.8) is 0 Å². The first-order valence-corrected chi connectivity index (χ1v) is 10.8. The van der Waals surface area contributed by atoms with Crippen molar-refractivity contribution in [3.05, 3.63) is 41.8 Å². The van der Waals surface area contributed by atoms with Crippen molar-refractivity contribution in [2.24, 2.45) is 5.92 Å². The topological polar surface area (TPSA) is 89.9 Å².